The Bertz CT molecular complexity index is 645. The summed E-state index contributed by atoms with van der Waals surface area (Å²) in [6.45, 7) is 4.44. The van der Waals surface area contributed by atoms with Crippen LogP contribution in [-0.2, 0) is 6.42 Å². The van der Waals surface area contributed by atoms with E-state index in [1.807, 2.05) is 0 Å². The summed E-state index contributed by atoms with van der Waals surface area (Å²) in [4.78, 5) is 13.1. The Morgan fingerprint density at radius 2 is 1.95 bits per heavy atom. The number of nitrogens with zero attached hydrogens (tertiary/aromatic N) is 3. The normalized spacial score (nSPS) is 25.4. The van der Waals surface area contributed by atoms with Gasteiger partial charge < -0.3 is 4.90 Å². The number of hydrogen-bond acceptors (Lipinski definition) is 4. The maximum Gasteiger partial charge on any atom is 0.141 e. The molecule has 1 fully saturated rings. The van der Waals surface area contributed by atoms with Gasteiger partial charge in [-0.05, 0) is 36.1 Å². The maximum absolute atomic E-state index is 4.83. The molecule has 4 rings (SSSR count). The molecule has 2 atom stereocenters. The number of fused-ring (bicyclic) bond motifs is 2. The van der Waals surface area contributed by atoms with Gasteiger partial charge in [0.1, 0.15) is 16.5 Å². The molecule has 3 nitrogen and oxygen atoms in total. The Hall–Kier alpha value is -1.42. The van der Waals surface area contributed by atoms with Gasteiger partial charge in [-0.25, -0.2) is 9.97 Å². The molecule has 1 aliphatic heterocycles. The number of aromatic nitrogens is 2. The summed E-state index contributed by atoms with van der Waals surface area (Å²) < 4.78 is 0. The predicted molar refractivity (Wildman–Crippen MR) is 84.4 cm³/mol. The van der Waals surface area contributed by atoms with E-state index in [9.17, 15) is 0 Å². The van der Waals surface area contributed by atoms with Crippen molar-refractivity contribution in [3.8, 4) is 0 Å². The SMILES string of the molecule is CCc1nc(N2CC3CC=CCC3C2)c2ccsc2n1. The fourth-order valence-electron chi connectivity index (χ4n) is 3.47. The molecule has 1 aliphatic carbocycles. The molecule has 104 valence electrons. The highest BCUT2D eigenvalue weighted by Gasteiger charge is 2.34. The first-order chi connectivity index (χ1) is 9.85. The van der Waals surface area contributed by atoms with Gasteiger partial charge >= 0.3 is 0 Å². The Labute approximate surface area is 123 Å². The summed E-state index contributed by atoms with van der Waals surface area (Å²) in [5.74, 6) is 3.77. The summed E-state index contributed by atoms with van der Waals surface area (Å²) in [6, 6.07) is 2.18. The first kappa shape index (κ1) is 12.3. The molecule has 0 N–H and O–H groups in total. The minimum atomic E-state index is 0.814. The quantitative estimate of drug-likeness (QED) is 0.789. The number of rotatable bonds is 2. The Kier molecular flexibility index (Phi) is 2.99. The third kappa shape index (κ3) is 1.94. The largest absolute Gasteiger partial charge is 0.355 e. The van der Waals surface area contributed by atoms with Crippen LogP contribution in [0.1, 0.15) is 25.6 Å². The van der Waals surface area contributed by atoms with Crippen molar-refractivity contribution in [2.24, 2.45) is 11.8 Å². The van der Waals surface area contributed by atoms with E-state index >= 15 is 0 Å². The van der Waals surface area contributed by atoms with Gasteiger partial charge in [0.05, 0.1) is 5.39 Å². The summed E-state index contributed by atoms with van der Waals surface area (Å²) in [5, 5.41) is 3.37. The van der Waals surface area contributed by atoms with Crippen LogP contribution in [0.25, 0.3) is 10.2 Å². The Balaban J connectivity index is 1.73. The highest BCUT2D eigenvalue weighted by molar-refractivity contribution is 7.16. The molecule has 2 aromatic heterocycles. The van der Waals surface area contributed by atoms with Crippen LogP contribution in [0.2, 0.25) is 0 Å². The van der Waals surface area contributed by atoms with Gasteiger partial charge in [0.2, 0.25) is 0 Å². The molecule has 4 heteroatoms. The lowest BCUT2D eigenvalue weighted by Gasteiger charge is -2.18. The third-order valence-corrected chi connectivity index (χ3v) is 5.39. The van der Waals surface area contributed by atoms with Crippen molar-refractivity contribution < 1.29 is 0 Å². The second kappa shape index (κ2) is 4.85. The van der Waals surface area contributed by atoms with E-state index < -0.39 is 0 Å². The fourth-order valence-corrected chi connectivity index (χ4v) is 4.25. The summed E-state index contributed by atoms with van der Waals surface area (Å²) in [6.07, 6.45) is 8.08. The van der Waals surface area contributed by atoms with Crippen LogP contribution in [0, 0.1) is 11.8 Å². The van der Waals surface area contributed by atoms with Crippen LogP contribution in [0.3, 0.4) is 0 Å². The first-order valence-corrected chi connectivity index (χ1v) is 8.37. The number of hydrogen-bond donors (Lipinski definition) is 0. The van der Waals surface area contributed by atoms with Crippen molar-refractivity contribution in [1.29, 1.82) is 0 Å². The second-order valence-electron chi connectivity index (χ2n) is 5.82. The van der Waals surface area contributed by atoms with Crippen molar-refractivity contribution >= 4 is 27.4 Å². The Morgan fingerprint density at radius 1 is 1.20 bits per heavy atom. The predicted octanol–water partition coefficient (Wildman–Crippen LogP) is 3.66. The van der Waals surface area contributed by atoms with Gasteiger partial charge in [-0.3, -0.25) is 0 Å². The highest BCUT2D eigenvalue weighted by atomic mass is 32.1. The van der Waals surface area contributed by atoms with Crippen molar-refractivity contribution in [3.05, 3.63) is 29.4 Å². The van der Waals surface area contributed by atoms with E-state index in [-0.39, 0.29) is 0 Å². The standard InChI is InChI=1S/C16H19N3S/c1-2-14-17-15(13-7-8-20-16(13)18-14)19-9-11-5-3-4-6-12(11)10-19/h3-4,7-8,11-12H,2,5-6,9-10H2,1H3. The fraction of sp³-hybridized carbons (Fsp3) is 0.500. The van der Waals surface area contributed by atoms with Gasteiger partial charge in [0.15, 0.2) is 0 Å². The molecule has 0 amide bonds. The van der Waals surface area contributed by atoms with Crippen LogP contribution in [0.5, 0.6) is 0 Å². The van der Waals surface area contributed by atoms with Gasteiger partial charge in [-0.2, -0.15) is 0 Å². The molecule has 0 radical (unpaired) electrons. The molecular weight excluding hydrogens is 266 g/mol. The number of thiophene rings is 1. The van der Waals surface area contributed by atoms with E-state index in [1.165, 1.54) is 24.0 Å². The molecule has 0 bridgehead atoms. The zero-order valence-corrected chi connectivity index (χ0v) is 12.6. The third-order valence-electron chi connectivity index (χ3n) is 4.59. The van der Waals surface area contributed by atoms with Gasteiger partial charge in [-0.15, -0.1) is 11.3 Å². The molecule has 3 heterocycles. The van der Waals surface area contributed by atoms with E-state index in [4.69, 9.17) is 4.98 Å². The zero-order chi connectivity index (χ0) is 13.5. The number of anilines is 1. The minimum absolute atomic E-state index is 0.814. The molecule has 0 saturated carbocycles. The summed E-state index contributed by atoms with van der Waals surface area (Å²) in [5.41, 5.74) is 0. The lowest BCUT2D eigenvalue weighted by atomic mass is 9.86. The lowest BCUT2D eigenvalue weighted by molar-refractivity contribution is 0.411. The van der Waals surface area contributed by atoms with Crippen molar-refractivity contribution in [2.75, 3.05) is 18.0 Å². The van der Waals surface area contributed by atoms with Gasteiger partial charge in [-0.1, -0.05) is 19.1 Å². The average molecular weight is 285 g/mol. The second-order valence-corrected chi connectivity index (χ2v) is 6.72. The monoisotopic (exact) mass is 285 g/mol. The van der Waals surface area contributed by atoms with Crippen LogP contribution in [0.15, 0.2) is 23.6 Å². The van der Waals surface area contributed by atoms with Gasteiger partial charge in [0.25, 0.3) is 0 Å². The molecule has 1 saturated heterocycles. The highest BCUT2D eigenvalue weighted by Crippen LogP contribution is 2.37. The first-order valence-electron chi connectivity index (χ1n) is 7.49. The average Bonchev–Trinajstić information content (AvgIpc) is 3.12. The molecule has 2 aliphatic rings. The molecule has 0 spiro atoms. The van der Waals surface area contributed by atoms with Crippen LogP contribution >= 0.6 is 11.3 Å². The van der Waals surface area contributed by atoms with E-state index in [2.05, 4.69) is 40.4 Å². The van der Waals surface area contributed by atoms with Crippen LogP contribution in [-0.4, -0.2) is 23.1 Å². The summed E-state index contributed by atoms with van der Waals surface area (Å²) in [7, 11) is 0. The van der Waals surface area contributed by atoms with Gasteiger partial charge in [0, 0.05) is 19.5 Å². The zero-order valence-electron chi connectivity index (χ0n) is 11.7. The molecule has 20 heavy (non-hydrogen) atoms. The van der Waals surface area contributed by atoms with Crippen molar-refractivity contribution in [2.45, 2.75) is 26.2 Å². The summed E-state index contributed by atoms with van der Waals surface area (Å²) >= 11 is 1.73. The van der Waals surface area contributed by atoms with E-state index in [0.29, 0.717) is 0 Å². The van der Waals surface area contributed by atoms with Crippen LogP contribution < -0.4 is 4.90 Å². The minimum Gasteiger partial charge on any atom is -0.355 e. The molecule has 2 aromatic rings. The van der Waals surface area contributed by atoms with Crippen LogP contribution in [0.4, 0.5) is 5.82 Å². The maximum atomic E-state index is 4.83. The van der Waals surface area contributed by atoms with Crippen molar-refractivity contribution in [1.82, 2.24) is 9.97 Å². The van der Waals surface area contributed by atoms with Crippen molar-refractivity contribution in [3.63, 3.8) is 0 Å². The molecule has 0 aromatic carbocycles. The molecular formula is C16H19N3S. The van der Waals surface area contributed by atoms with E-state index in [1.54, 1.807) is 11.3 Å². The van der Waals surface area contributed by atoms with E-state index in [0.717, 1.165) is 42.0 Å². The number of allylic oxidation sites excluding steroid dienone is 2. The smallest absolute Gasteiger partial charge is 0.141 e. The number of aryl methyl sites for hydroxylation is 1. The topological polar surface area (TPSA) is 29.0 Å². The Morgan fingerprint density at radius 3 is 2.65 bits per heavy atom. The lowest BCUT2D eigenvalue weighted by Crippen LogP contribution is -2.22. The molecule has 2 unspecified atom stereocenters.